The number of hydrogen-bond donors (Lipinski definition) is 1. The Labute approximate surface area is 523 Å². The van der Waals surface area contributed by atoms with Crippen molar-refractivity contribution in [2.45, 2.75) is 299 Å². The smallest absolute Gasteiger partial charge is 0.307 e. The Kier molecular flexibility index (Phi) is 52.4. The first-order chi connectivity index (χ1) is 39.7. The van der Waals surface area contributed by atoms with Gasteiger partial charge in [-0.2, -0.15) is 12.6 Å². The highest BCUT2D eigenvalue weighted by molar-refractivity contribution is 8.13. The van der Waals surface area contributed by atoms with Crippen LogP contribution in [0.2, 0.25) is 6.04 Å². The zero-order valence-corrected chi connectivity index (χ0v) is 61.1. The van der Waals surface area contributed by atoms with Crippen molar-refractivity contribution in [2.24, 2.45) is 10.8 Å². The number of hydrogen-bond acceptors (Lipinski definition) is 17. The van der Waals surface area contributed by atoms with E-state index in [1.807, 2.05) is 27.7 Å². The molecule has 0 saturated heterocycles. The second-order valence-electron chi connectivity index (χ2n) is 22.2. The van der Waals surface area contributed by atoms with Crippen LogP contribution in [-0.4, -0.2) is 133 Å². The SMILES string of the molecule is CCCCCCCC(=O)OCC(CC)(CO[SiH2]OC(C)(CCCSC(=O)CCCCCCC)C(CC)(COC(=O)CCCCCCC)C(OCC)(OCC)O[SiH2]CCCSC(=O)CCCCCCC)C(CCCS)(OCC)O[SiH2]OCC. The molecule has 0 amide bonds. The van der Waals surface area contributed by atoms with Gasteiger partial charge >= 0.3 is 32.0 Å². The summed E-state index contributed by atoms with van der Waals surface area (Å²) in [5.74, 6) is -1.60. The Balaban J connectivity index is 7.68. The number of ether oxygens (including phenoxy) is 5. The van der Waals surface area contributed by atoms with Crippen LogP contribution in [0.1, 0.15) is 275 Å². The van der Waals surface area contributed by atoms with E-state index in [-0.39, 0.29) is 61.6 Å². The van der Waals surface area contributed by atoms with E-state index in [0.717, 1.165) is 115 Å². The predicted molar refractivity (Wildman–Crippen MR) is 353 cm³/mol. The average Bonchev–Trinajstić information content (AvgIpc) is 1.91. The number of thioether (sulfide) groups is 2. The summed E-state index contributed by atoms with van der Waals surface area (Å²) in [6, 6.07) is 0.772. The van der Waals surface area contributed by atoms with E-state index in [2.05, 4.69) is 61.1 Å². The molecule has 0 bridgehead atoms. The monoisotopic (exact) mass is 1270 g/mol. The van der Waals surface area contributed by atoms with Crippen LogP contribution in [0.25, 0.3) is 0 Å². The lowest BCUT2D eigenvalue weighted by molar-refractivity contribution is -0.425. The number of esters is 2. The maximum atomic E-state index is 14.0. The van der Waals surface area contributed by atoms with Gasteiger partial charge in [-0.05, 0) is 111 Å². The fourth-order valence-electron chi connectivity index (χ4n) is 10.7. The normalized spacial score (nSPS) is 15.4. The Morgan fingerprint density at radius 1 is 0.451 bits per heavy atom. The Bertz CT molecular complexity index is 1570. The van der Waals surface area contributed by atoms with E-state index in [4.69, 9.17) is 45.8 Å². The maximum absolute atomic E-state index is 14.0. The van der Waals surface area contributed by atoms with Crippen LogP contribution in [0.3, 0.4) is 0 Å². The van der Waals surface area contributed by atoms with E-state index in [0.29, 0.717) is 88.3 Å². The minimum Gasteiger partial charge on any atom is -0.465 e. The zero-order valence-electron chi connectivity index (χ0n) is 54.3. The molecule has 0 aliphatic carbocycles. The number of carbonyl (C=O) groups excluding carboxylic acids is 4. The second-order valence-corrected chi connectivity index (χ2v) is 28.2. The van der Waals surface area contributed by atoms with Crippen molar-refractivity contribution in [3.8, 4) is 0 Å². The van der Waals surface area contributed by atoms with E-state index in [9.17, 15) is 19.2 Å². The Morgan fingerprint density at radius 2 is 0.927 bits per heavy atom. The van der Waals surface area contributed by atoms with Gasteiger partial charge in [0, 0.05) is 76.6 Å². The molecule has 0 fully saturated rings. The molecule has 4 atom stereocenters. The summed E-state index contributed by atoms with van der Waals surface area (Å²) in [5, 5.41) is 0.427. The van der Waals surface area contributed by atoms with Crippen molar-refractivity contribution >= 4 is 88.1 Å². The van der Waals surface area contributed by atoms with Crippen molar-refractivity contribution in [3.05, 3.63) is 0 Å². The first kappa shape index (κ1) is 81.7. The molecule has 20 heteroatoms. The molecule has 0 N–H and O–H groups in total. The van der Waals surface area contributed by atoms with Gasteiger partial charge < -0.3 is 45.8 Å². The van der Waals surface area contributed by atoms with Crippen molar-refractivity contribution in [1.29, 1.82) is 0 Å². The van der Waals surface area contributed by atoms with Crippen molar-refractivity contribution in [1.82, 2.24) is 0 Å². The molecule has 14 nitrogen and oxygen atoms in total. The van der Waals surface area contributed by atoms with E-state index in [1.54, 1.807) is 0 Å². The third kappa shape index (κ3) is 32.8. The summed E-state index contributed by atoms with van der Waals surface area (Å²) in [7, 11) is -4.93. The second kappa shape index (κ2) is 52.6. The molecule has 0 aromatic rings. The van der Waals surface area contributed by atoms with Crippen LogP contribution in [0, 0.1) is 10.8 Å². The average molecular weight is 1270 g/mol. The topological polar surface area (TPSA) is 161 Å². The number of thiol groups is 1. The summed E-state index contributed by atoms with van der Waals surface area (Å²) < 4.78 is 67.6. The summed E-state index contributed by atoms with van der Waals surface area (Å²) in [6.45, 7) is 24.0. The van der Waals surface area contributed by atoms with Crippen molar-refractivity contribution < 1.29 is 65.0 Å². The molecule has 0 aromatic heterocycles. The Morgan fingerprint density at radius 3 is 1.39 bits per heavy atom. The van der Waals surface area contributed by atoms with E-state index < -0.39 is 58.0 Å². The van der Waals surface area contributed by atoms with Crippen LogP contribution in [0.4, 0.5) is 0 Å². The Hall–Kier alpha value is -0.339. The van der Waals surface area contributed by atoms with Crippen LogP contribution in [-0.2, 0) is 65.0 Å². The van der Waals surface area contributed by atoms with Crippen molar-refractivity contribution in [2.75, 3.05) is 63.5 Å². The van der Waals surface area contributed by atoms with Gasteiger partial charge in [-0.15, -0.1) is 0 Å². The standard InChI is InChI=1S/C62H124O14S3Si3/c1-12-22-26-30-34-41-54(63)67-51-59(16-5,61(69-18-7,46-38-47-77)75-81-72-21-10)52-73-82-74-58(11,45-39-48-78-56(65)43-36-32-28-24-14-3)60(17-6,53-68-55(64)42-35-31-27-23-13-2)62(70-19-8,71-20-9)76-80-50-40-49-79-57(66)44-37-33-29-25-15-4/h77H,12-53,80-82H2,1-11H3. The van der Waals surface area contributed by atoms with Gasteiger partial charge in [-0.25, -0.2) is 0 Å². The minimum atomic E-state index is -2.00. The van der Waals surface area contributed by atoms with E-state index >= 15 is 0 Å². The summed E-state index contributed by atoms with van der Waals surface area (Å²) in [4.78, 5) is 53.7. The largest absolute Gasteiger partial charge is 0.465 e. The molecule has 0 radical (unpaired) electrons. The molecule has 0 aromatic carbocycles. The number of rotatable bonds is 61. The predicted octanol–water partition coefficient (Wildman–Crippen LogP) is 14.5. The van der Waals surface area contributed by atoms with Crippen LogP contribution >= 0.6 is 36.2 Å². The van der Waals surface area contributed by atoms with Crippen LogP contribution in [0.15, 0.2) is 0 Å². The third-order valence-corrected chi connectivity index (χ3v) is 21.9. The molecular formula is C62H124O14S3Si3. The number of unbranched alkanes of at least 4 members (excludes halogenated alkanes) is 16. The van der Waals surface area contributed by atoms with Gasteiger partial charge in [0.05, 0.1) is 11.0 Å². The molecule has 0 aliphatic rings. The first-order valence-electron chi connectivity index (χ1n) is 32.9. The van der Waals surface area contributed by atoms with Crippen LogP contribution < -0.4 is 0 Å². The quantitative estimate of drug-likeness (QED) is 0.0201. The fourth-order valence-corrected chi connectivity index (χ4v) is 16.4. The van der Waals surface area contributed by atoms with Gasteiger partial charge in [-0.3, -0.25) is 19.2 Å². The van der Waals surface area contributed by atoms with Crippen molar-refractivity contribution in [3.63, 3.8) is 0 Å². The van der Waals surface area contributed by atoms with Gasteiger partial charge in [-0.1, -0.05) is 168 Å². The van der Waals surface area contributed by atoms with Gasteiger partial charge in [0.15, 0.2) is 25.8 Å². The lowest BCUT2D eigenvalue weighted by Gasteiger charge is -2.56. The van der Waals surface area contributed by atoms with Gasteiger partial charge in [0.25, 0.3) is 5.97 Å². The molecule has 0 spiro atoms. The lowest BCUT2D eigenvalue weighted by atomic mass is 9.67. The highest BCUT2D eigenvalue weighted by atomic mass is 32.2. The molecule has 0 heterocycles. The first-order valence-corrected chi connectivity index (χ1v) is 39.4. The molecule has 0 aliphatic heterocycles. The van der Waals surface area contributed by atoms with Crippen LogP contribution in [0.5, 0.6) is 0 Å². The molecular weight excluding hydrogens is 1150 g/mol. The van der Waals surface area contributed by atoms with Gasteiger partial charge in [0.1, 0.15) is 18.6 Å². The molecule has 0 rings (SSSR count). The maximum Gasteiger partial charge on any atom is 0.307 e. The summed E-state index contributed by atoms with van der Waals surface area (Å²) >= 11 is 7.41. The van der Waals surface area contributed by atoms with Gasteiger partial charge in [0.2, 0.25) is 0 Å². The molecule has 486 valence electrons. The minimum absolute atomic E-state index is 0.00911. The highest BCUT2D eigenvalue weighted by Gasteiger charge is 2.65. The fraction of sp³-hybridized carbons (Fsp3) is 0.935. The summed E-state index contributed by atoms with van der Waals surface area (Å²) in [6.07, 6.45) is 26.6. The number of carbonyl (C=O) groups is 4. The zero-order chi connectivity index (χ0) is 61.1. The third-order valence-electron chi connectivity index (χ3n) is 15.9. The highest BCUT2D eigenvalue weighted by Crippen LogP contribution is 2.53. The summed E-state index contributed by atoms with van der Waals surface area (Å²) in [5.41, 5.74) is -3.38. The molecule has 4 unspecified atom stereocenters. The lowest BCUT2D eigenvalue weighted by Crippen LogP contribution is -2.68. The molecule has 0 saturated carbocycles. The molecule has 82 heavy (non-hydrogen) atoms. The van der Waals surface area contributed by atoms with E-state index in [1.165, 1.54) is 49.2 Å².